The molecule has 140 valence electrons. The molecular weight excluding hydrogens is 356 g/mol. The molecule has 0 spiro atoms. The zero-order chi connectivity index (χ0) is 19.4. The van der Waals surface area contributed by atoms with Crippen LogP contribution in [-0.4, -0.2) is 29.9 Å². The number of carbonyl (C=O) groups excluding carboxylic acids is 1. The fourth-order valence-electron chi connectivity index (χ4n) is 2.58. The van der Waals surface area contributed by atoms with Gasteiger partial charge in [0.2, 0.25) is 0 Å². The van der Waals surface area contributed by atoms with Crippen LogP contribution in [0.25, 0.3) is 0 Å². The molecule has 3 rings (SSSR count). The predicted octanol–water partition coefficient (Wildman–Crippen LogP) is 3.48. The third-order valence-electron chi connectivity index (χ3n) is 3.90. The Labute approximate surface area is 154 Å². The molecule has 0 aliphatic rings. The van der Waals surface area contributed by atoms with Gasteiger partial charge in [-0.05, 0) is 24.3 Å². The average Bonchev–Trinajstić information content (AvgIpc) is 3.07. The molecular formula is C19H17F2N3O3. The summed E-state index contributed by atoms with van der Waals surface area (Å²) in [5, 5.41) is 6.78. The molecule has 27 heavy (non-hydrogen) atoms. The van der Waals surface area contributed by atoms with E-state index >= 15 is 0 Å². The van der Waals surface area contributed by atoms with Crippen LogP contribution in [0.4, 0.5) is 14.6 Å². The highest BCUT2D eigenvalue weighted by Gasteiger charge is 2.14. The van der Waals surface area contributed by atoms with Crippen molar-refractivity contribution in [3.63, 3.8) is 0 Å². The summed E-state index contributed by atoms with van der Waals surface area (Å²) < 4.78 is 38.7. The number of aromatic nitrogens is 2. The van der Waals surface area contributed by atoms with Gasteiger partial charge in [0.1, 0.15) is 29.0 Å². The SMILES string of the molecule is COc1ccc(Cn2nccc2NC(=O)c2cc(F)cc(F)c2)c(OC)c1. The number of anilines is 1. The summed E-state index contributed by atoms with van der Waals surface area (Å²) in [6, 6.07) is 9.58. The van der Waals surface area contributed by atoms with Gasteiger partial charge in [0.25, 0.3) is 5.91 Å². The summed E-state index contributed by atoms with van der Waals surface area (Å²) >= 11 is 0. The lowest BCUT2D eigenvalue weighted by Crippen LogP contribution is -2.16. The quantitative estimate of drug-likeness (QED) is 0.719. The Hall–Kier alpha value is -3.42. The smallest absolute Gasteiger partial charge is 0.257 e. The van der Waals surface area contributed by atoms with Crippen LogP contribution in [0.2, 0.25) is 0 Å². The number of carbonyl (C=O) groups is 1. The molecule has 2 aromatic carbocycles. The summed E-state index contributed by atoms with van der Waals surface area (Å²) in [6.07, 6.45) is 1.51. The Bertz CT molecular complexity index is 952. The Morgan fingerprint density at radius 3 is 2.48 bits per heavy atom. The number of hydrogen-bond acceptors (Lipinski definition) is 4. The van der Waals surface area contributed by atoms with Crippen molar-refractivity contribution in [2.75, 3.05) is 19.5 Å². The maximum atomic E-state index is 13.3. The highest BCUT2D eigenvalue weighted by Crippen LogP contribution is 2.26. The standard InChI is InChI=1S/C19H17F2N3O3/c1-26-16-4-3-12(17(10-16)27-2)11-24-18(5-6-22-24)23-19(25)13-7-14(20)9-15(21)8-13/h3-10H,11H2,1-2H3,(H,23,25). The molecule has 6 nitrogen and oxygen atoms in total. The maximum absolute atomic E-state index is 13.3. The summed E-state index contributed by atoms with van der Waals surface area (Å²) in [5.41, 5.74) is 0.691. The van der Waals surface area contributed by atoms with Crippen LogP contribution in [0, 0.1) is 11.6 Å². The molecule has 0 bridgehead atoms. The highest BCUT2D eigenvalue weighted by molar-refractivity contribution is 6.03. The second-order valence-corrected chi connectivity index (χ2v) is 5.66. The number of methoxy groups -OCH3 is 2. The van der Waals surface area contributed by atoms with Crippen LogP contribution in [0.5, 0.6) is 11.5 Å². The second kappa shape index (κ2) is 7.86. The van der Waals surface area contributed by atoms with Crippen LogP contribution in [0.3, 0.4) is 0 Å². The molecule has 0 aliphatic heterocycles. The molecule has 0 atom stereocenters. The first-order valence-electron chi connectivity index (χ1n) is 8.00. The lowest BCUT2D eigenvalue weighted by atomic mass is 10.2. The third-order valence-corrected chi connectivity index (χ3v) is 3.90. The first-order chi connectivity index (χ1) is 13.0. The van der Waals surface area contributed by atoms with Crippen LogP contribution >= 0.6 is 0 Å². The summed E-state index contributed by atoms with van der Waals surface area (Å²) in [5.74, 6) is -0.653. The Morgan fingerprint density at radius 1 is 1.07 bits per heavy atom. The Morgan fingerprint density at radius 2 is 1.81 bits per heavy atom. The maximum Gasteiger partial charge on any atom is 0.257 e. The van der Waals surface area contributed by atoms with E-state index in [4.69, 9.17) is 9.47 Å². The molecule has 0 saturated heterocycles. The van der Waals surface area contributed by atoms with E-state index in [2.05, 4.69) is 10.4 Å². The van der Waals surface area contributed by atoms with Crippen LogP contribution in [0.15, 0.2) is 48.7 Å². The van der Waals surface area contributed by atoms with Crippen molar-refractivity contribution in [1.29, 1.82) is 0 Å². The van der Waals surface area contributed by atoms with E-state index in [1.807, 2.05) is 6.07 Å². The van der Waals surface area contributed by atoms with Crippen molar-refractivity contribution in [1.82, 2.24) is 9.78 Å². The zero-order valence-corrected chi connectivity index (χ0v) is 14.7. The summed E-state index contributed by atoms with van der Waals surface area (Å²) in [6.45, 7) is 0.313. The van der Waals surface area contributed by atoms with E-state index < -0.39 is 17.5 Å². The average molecular weight is 373 g/mol. The fourth-order valence-corrected chi connectivity index (χ4v) is 2.58. The van der Waals surface area contributed by atoms with Crippen molar-refractivity contribution in [2.45, 2.75) is 6.54 Å². The number of rotatable bonds is 6. The lowest BCUT2D eigenvalue weighted by Gasteiger charge is -2.13. The van der Waals surface area contributed by atoms with E-state index in [-0.39, 0.29) is 5.56 Å². The van der Waals surface area contributed by atoms with Crippen molar-refractivity contribution in [3.05, 3.63) is 71.4 Å². The minimum absolute atomic E-state index is 0.123. The van der Waals surface area contributed by atoms with E-state index in [1.54, 1.807) is 32.4 Å². The largest absolute Gasteiger partial charge is 0.497 e. The number of hydrogen-bond donors (Lipinski definition) is 1. The van der Waals surface area contributed by atoms with Crippen LogP contribution in [0.1, 0.15) is 15.9 Å². The van der Waals surface area contributed by atoms with Gasteiger partial charge in [-0.25, -0.2) is 13.5 Å². The molecule has 0 radical (unpaired) electrons. The first-order valence-corrected chi connectivity index (χ1v) is 8.00. The van der Waals surface area contributed by atoms with E-state index in [0.29, 0.717) is 29.9 Å². The van der Waals surface area contributed by atoms with E-state index in [9.17, 15) is 13.6 Å². The lowest BCUT2D eigenvalue weighted by molar-refractivity contribution is 0.102. The normalized spacial score (nSPS) is 10.5. The van der Waals surface area contributed by atoms with Gasteiger partial charge in [-0.15, -0.1) is 0 Å². The monoisotopic (exact) mass is 373 g/mol. The second-order valence-electron chi connectivity index (χ2n) is 5.66. The van der Waals surface area contributed by atoms with Gasteiger partial charge in [0.05, 0.1) is 27.0 Å². The van der Waals surface area contributed by atoms with Crippen molar-refractivity contribution in [3.8, 4) is 11.5 Å². The topological polar surface area (TPSA) is 65.4 Å². The molecule has 1 heterocycles. The number of benzene rings is 2. The predicted molar refractivity (Wildman–Crippen MR) is 95.2 cm³/mol. The molecule has 8 heteroatoms. The number of ether oxygens (including phenoxy) is 2. The van der Waals surface area contributed by atoms with Gasteiger partial charge in [-0.2, -0.15) is 5.10 Å². The van der Waals surface area contributed by atoms with Gasteiger partial charge < -0.3 is 14.8 Å². The van der Waals surface area contributed by atoms with Crippen LogP contribution < -0.4 is 14.8 Å². The fraction of sp³-hybridized carbons (Fsp3) is 0.158. The van der Waals surface area contributed by atoms with Gasteiger partial charge in [0, 0.05) is 29.3 Å². The van der Waals surface area contributed by atoms with E-state index in [0.717, 1.165) is 17.7 Å². The number of nitrogens with one attached hydrogen (secondary N) is 1. The van der Waals surface area contributed by atoms with Gasteiger partial charge in [-0.1, -0.05) is 0 Å². The molecule has 0 saturated carbocycles. The van der Waals surface area contributed by atoms with Crippen LogP contribution in [-0.2, 0) is 6.54 Å². The van der Waals surface area contributed by atoms with Crippen molar-refractivity contribution < 1.29 is 23.0 Å². The molecule has 0 fully saturated rings. The zero-order valence-electron chi connectivity index (χ0n) is 14.7. The van der Waals surface area contributed by atoms with E-state index in [1.165, 1.54) is 10.9 Å². The molecule has 0 aliphatic carbocycles. The van der Waals surface area contributed by atoms with Gasteiger partial charge in [0.15, 0.2) is 0 Å². The Balaban J connectivity index is 1.81. The summed E-state index contributed by atoms with van der Waals surface area (Å²) in [7, 11) is 3.10. The molecule has 0 unspecified atom stereocenters. The molecule has 1 N–H and O–H groups in total. The van der Waals surface area contributed by atoms with Crippen molar-refractivity contribution in [2.24, 2.45) is 0 Å². The molecule has 1 aromatic heterocycles. The number of halogens is 2. The molecule has 1 amide bonds. The van der Waals surface area contributed by atoms with Crippen molar-refractivity contribution >= 4 is 11.7 Å². The third kappa shape index (κ3) is 4.22. The minimum Gasteiger partial charge on any atom is -0.497 e. The highest BCUT2D eigenvalue weighted by atomic mass is 19.1. The number of amides is 1. The first kappa shape index (κ1) is 18.4. The number of nitrogens with zero attached hydrogens (tertiary/aromatic N) is 2. The minimum atomic E-state index is -0.823. The Kier molecular flexibility index (Phi) is 5.35. The molecule has 3 aromatic rings. The van der Waals surface area contributed by atoms with Gasteiger partial charge in [-0.3, -0.25) is 4.79 Å². The summed E-state index contributed by atoms with van der Waals surface area (Å²) in [4.78, 5) is 12.3. The van der Waals surface area contributed by atoms with Gasteiger partial charge >= 0.3 is 0 Å².